The van der Waals surface area contributed by atoms with E-state index in [0.717, 1.165) is 24.9 Å². The molecule has 29 heavy (non-hydrogen) atoms. The number of rotatable bonds is 4. The van der Waals surface area contributed by atoms with Crippen molar-refractivity contribution in [1.82, 2.24) is 15.1 Å². The lowest BCUT2D eigenvalue weighted by Crippen LogP contribution is -2.49. The average molecular weight is 420 g/mol. The van der Waals surface area contributed by atoms with Gasteiger partial charge >= 0.3 is 0 Å². The van der Waals surface area contributed by atoms with Crippen LogP contribution in [0, 0.1) is 5.41 Å². The quantitative estimate of drug-likeness (QED) is 0.778. The van der Waals surface area contributed by atoms with Crippen LogP contribution in [0.25, 0.3) is 6.08 Å². The molecule has 2 N–H and O–H groups in total. The Morgan fingerprint density at radius 2 is 1.97 bits per heavy atom. The van der Waals surface area contributed by atoms with Gasteiger partial charge in [0.15, 0.2) is 0 Å². The molecule has 0 unspecified atom stereocenters. The van der Waals surface area contributed by atoms with Gasteiger partial charge in [0.05, 0.1) is 12.1 Å². The van der Waals surface area contributed by atoms with Crippen LogP contribution in [-0.2, 0) is 9.59 Å². The molecule has 6 nitrogen and oxygen atoms in total. The monoisotopic (exact) mass is 419 g/mol. The van der Waals surface area contributed by atoms with Crippen molar-refractivity contribution in [2.75, 3.05) is 32.7 Å². The zero-order valence-corrected chi connectivity index (χ0v) is 17.4. The van der Waals surface area contributed by atoms with Crippen LogP contribution in [0.1, 0.15) is 31.2 Å². The van der Waals surface area contributed by atoms with E-state index in [1.54, 1.807) is 0 Å². The molecule has 3 aliphatic heterocycles. The minimum absolute atomic E-state index is 0. The fourth-order valence-corrected chi connectivity index (χ4v) is 4.69. The van der Waals surface area contributed by atoms with Crippen molar-refractivity contribution in [3.63, 3.8) is 0 Å². The molecule has 1 aromatic carbocycles. The summed E-state index contributed by atoms with van der Waals surface area (Å²) in [5, 5.41) is 12.7. The molecule has 7 heteroatoms. The number of carbonyl (C=O) groups excluding carboxylic acids is 2. The second kappa shape index (κ2) is 9.28. The Bertz CT molecular complexity index is 747. The Labute approximate surface area is 178 Å². The highest BCUT2D eigenvalue weighted by molar-refractivity contribution is 5.85. The zero-order valence-electron chi connectivity index (χ0n) is 16.6. The Kier molecular flexibility index (Phi) is 6.98. The first-order valence-electron chi connectivity index (χ1n) is 10.2. The van der Waals surface area contributed by atoms with E-state index in [1.165, 1.54) is 0 Å². The standard InChI is InChI=1S/C22H29N3O3.ClH/c26-18-13-19(23-15-18)21(28)24-11-8-22(9-12-24)14-20(27)25(16-22)10-4-7-17-5-2-1-3-6-17;/h1-7,18-19,23,26H,8-16H2;1H/b7-4+;/t18-,19+;/m0./s1. The maximum absolute atomic E-state index is 12.6. The van der Waals surface area contributed by atoms with E-state index < -0.39 is 6.10 Å². The number of likely N-dealkylation sites (tertiary alicyclic amines) is 2. The highest BCUT2D eigenvalue weighted by atomic mass is 35.5. The van der Waals surface area contributed by atoms with Gasteiger partial charge in [-0.15, -0.1) is 12.4 Å². The van der Waals surface area contributed by atoms with E-state index in [1.807, 2.05) is 28.0 Å². The SMILES string of the molecule is Cl.O=C1CC2(CCN(C(=O)[C@H]3C[C@H](O)CN3)CC2)CN1C/C=C/c1ccccc1. The van der Waals surface area contributed by atoms with Crippen molar-refractivity contribution in [3.05, 3.63) is 42.0 Å². The number of aliphatic hydroxyl groups is 1. The lowest BCUT2D eigenvalue weighted by molar-refractivity contribution is -0.135. The topological polar surface area (TPSA) is 72.9 Å². The van der Waals surface area contributed by atoms with Crippen molar-refractivity contribution in [3.8, 4) is 0 Å². The average Bonchev–Trinajstić information content (AvgIpc) is 3.26. The predicted octanol–water partition coefficient (Wildman–Crippen LogP) is 1.69. The fourth-order valence-electron chi connectivity index (χ4n) is 4.69. The van der Waals surface area contributed by atoms with Gasteiger partial charge in [-0.25, -0.2) is 0 Å². The Morgan fingerprint density at radius 3 is 2.62 bits per heavy atom. The Balaban J connectivity index is 0.00000240. The maximum atomic E-state index is 12.6. The van der Waals surface area contributed by atoms with Crippen LogP contribution in [0.2, 0.25) is 0 Å². The summed E-state index contributed by atoms with van der Waals surface area (Å²) in [6, 6.07) is 9.85. The normalized spacial score (nSPS) is 26.3. The van der Waals surface area contributed by atoms with Gasteiger partial charge in [-0.3, -0.25) is 9.59 Å². The van der Waals surface area contributed by atoms with Crippen LogP contribution < -0.4 is 5.32 Å². The number of piperidine rings is 1. The van der Waals surface area contributed by atoms with E-state index in [2.05, 4.69) is 29.6 Å². The number of carbonyl (C=O) groups is 2. The summed E-state index contributed by atoms with van der Waals surface area (Å²) in [7, 11) is 0. The summed E-state index contributed by atoms with van der Waals surface area (Å²) in [4.78, 5) is 29.0. The van der Waals surface area contributed by atoms with Crippen LogP contribution in [0.5, 0.6) is 0 Å². The third kappa shape index (κ3) is 5.00. The number of hydrogen-bond acceptors (Lipinski definition) is 4. The van der Waals surface area contributed by atoms with Gasteiger partial charge in [0, 0.05) is 44.6 Å². The molecule has 0 saturated carbocycles. The first-order valence-corrected chi connectivity index (χ1v) is 10.2. The second-order valence-electron chi connectivity index (χ2n) is 8.44. The maximum Gasteiger partial charge on any atom is 0.239 e. The molecule has 1 aromatic rings. The predicted molar refractivity (Wildman–Crippen MR) is 115 cm³/mol. The molecule has 3 aliphatic rings. The van der Waals surface area contributed by atoms with Crippen molar-refractivity contribution in [2.24, 2.45) is 5.41 Å². The molecular formula is C22H30ClN3O3. The summed E-state index contributed by atoms with van der Waals surface area (Å²) < 4.78 is 0. The number of amides is 2. The molecule has 0 radical (unpaired) electrons. The molecule has 0 aromatic heterocycles. The van der Waals surface area contributed by atoms with Crippen LogP contribution in [0.15, 0.2) is 36.4 Å². The summed E-state index contributed by atoms with van der Waals surface area (Å²) in [6.45, 7) is 3.33. The highest BCUT2D eigenvalue weighted by Crippen LogP contribution is 2.41. The van der Waals surface area contributed by atoms with Crippen molar-refractivity contribution < 1.29 is 14.7 Å². The molecule has 0 aliphatic carbocycles. The third-order valence-electron chi connectivity index (χ3n) is 6.38. The number of aliphatic hydroxyl groups excluding tert-OH is 1. The van der Waals surface area contributed by atoms with Crippen LogP contribution in [0.4, 0.5) is 0 Å². The molecule has 0 bridgehead atoms. The summed E-state index contributed by atoms with van der Waals surface area (Å²) in [5.74, 6) is 0.316. The molecule has 3 fully saturated rings. The Hall–Kier alpha value is -1.89. The van der Waals surface area contributed by atoms with Crippen LogP contribution >= 0.6 is 12.4 Å². The molecule has 3 heterocycles. The Morgan fingerprint density at radius 1 is 1.24 bits per heavy atom. The number of hydrogen-bond donors (Lipinski definition) is 2. The van der Waals surface area contributed by atoms with Gasteiger partial charge in [0.25, 0.3) is 0 Å². The van der Waals surface area contributed by atoms with Crippen LogP contribution in [0.3, 0.4) is 0 Å². The van der Waals surface area contributed by atoms with Gasteiger partial charge in [0.2, 0.25) is 11.8 Å². The lowest BCUT2D eigenvalue weighted by Gasteiger charge is -2.39. The highest BCUT2D eigenvalue weighted by Gasteiger charge is 2.45. The van der Waals surface area contributed by atoms with E-state index in [0.29, 0.717) is 39.0 Å². The van der Waals surface area contributed by atoms with Crippen molar-refractivity contribution in [2.45, 2.75) is 37.8 Å². The van der Waals surface area contributed by atoms with Gasteiger partial charge < -0.3 is 20.2 Å². The smallest absolute Gasteiger partial charge is 0.239 e. The molecule has 4 rings (SSSR count). The number of benzene rings is 1. The summed E-state index contributed by atoms with van der Waals surface area (Å²) in [6.07, 6.45) is 6.53. The molecule has 1 spiro atoms. The zero-order chi connectivity index (χ0) is 19.6. The third-order valence-corrected chi connectivity index (χ3v) is 6.38. The molecular weight excluding hydrogens is 390 g/mol. The van der Waals surface area contributed by atoms with Crippen LogP contribution in [-0.4, -0.2) is 71.6 Å². The second-order valence-corrected chi connectivity index (χ2v) is 8.44. The van der Waals surface area contributed by atoms with E-state index in [4.69, 9.17) is 0 Å². The number of nitrogens with one attached hydrogen (secondary N) is 1. The number of nitrogens with zero attached hydrogens (tertiary/aromatic N) is 2. The number of halogens is 1. The van der Waals surface area contributed by atoms with Crippen molar-refractivity contribution >= 4 is 30.3 Å². The van der Waals surface area contributed by atoms with Gasteiger partial charge in [-0.1, -0.05) is 42.5 Å². The fraction of sp³-hybridized carbons (Fsp3) is 0.545. The van der Waals surface area contributed by atoms with E-state index >= 15 is 0 Å². The van der Waals surface area contributed by atoms with E-state index in [9.17, 15) is 14.7 Å². The van der Waals surface area contributed by atoms with Gasteiger partial charge in [-0.05, 0) is 24.8 Å². The lowest BCUT2D eigenvalue weighted by atomic mass is 9.77. The first kappa shape index (κ1) is 21.8. The number of β-amino-alcohol motifs (C(OH)–C–C–N with tert-alkyl or cyclic N) is 1. The van der Waals surface area contributed by atoms with Gasteiger partial charge in [-0.2, -0.15) is 0 Å². The summed E-state index contributed by atoms with van der Waals surface area (Å²) >= 11 is 0. The molecule has 2 atom stereocenters. The molecule has 3 saturated heterocycles. The van der Waals surface area contributed by atoms with Crippen molar-refractivity contribution in [1.29, 1.82) is 0 Å². The van der Waals surface area contributed by atoms with Gasteiger partial charge in [0.1, 0.15) is 0 Å². The first-order chi connectivity index (χ1) is 13.5. The minimum Gasteiger partial charge on any atom is -0.392 e. The molecule has 158 valence electrons. The van der Waals surface area contributed by atoms with E-state index in [-0.39, 0.29) is 35.7 Å². The summed E-state index contributed by atoms with van der Waals surface area (Å²) in [5.41, 5.74) is 1.15. The largest absolute Gasteiger partial charge is 0.392 e. The minimum atomic E-state index is -0.421. The molecule has 2 amide bonds.